The van der Waals surface area contributed by atoms with E-state index in [1.807, 2.05) is 0 Å². The number of anilines is 1. The normalized spacial score (nSPS) is 20.6. The highest BCUT2D eigenvalue weighted by Gasteiger charge is 2.44. The first kappa shape index (κ1) is 32.0. The summed E-state index contributed by atoms with van der Waals surface area (Å²) in [5.74, 6) is 0.420. The zero-order valence-corrected chi connectivity index (χ0v) is 28.1. The molecule has 234 valence electrons. The molecule has 2 aliphatic heterocycles. The molecule has 5 nitrogen and oxygen atoms in total. The Morgan fingerprint density at radius 2 is 1.52 bits per heavy atom. The van der Waals surface area contributed by atoms with E-state index in [1.54, 1.807) is 14.2 Å². The monoisotopic (exact) mass is 595 g/mol. The molecule has 0 amide bonds. The maximum absolute atomic E-state index is 11.4. The van der Waals surface area contributed by atoms with Crippen molar-refractivity contribution in [3.8, 4) is 0 Å². The molecule has 2 aromatic carbocycles. The smallest absolute Gasteiger partial charge is 0.209 e. The highest BCUT2D eigenvalue weighted by Crippen LogP contribution is 2.48. The van der Waals surface area contributed by atoms with Gasteiger partial charge < -0.3 is 19.5 Å². The molecule has 0 radical (unpaired) electrons. The van der Waals surface area contributed by atoms with E-state index in [0.717, 1.165) is 63.1 Å². The van der Waals surface area contributed by atoms with Gasteiger partial charge in [-0.15, -0.1) is 0 Å². The van der Waals surface area contributed by atoms with Crippen molar-refractivity contribution in [2.45, 2.75) is 78.1 Å². The van der Waals surface area contributed by atoms with Gasteiger partial charge in [-0.2, -0.15) is 4.58 Å². The van der Waals surface area contributed by atoms with Crippen molar-refractivity contribution in [1.82, 2.24) is 0 Å². The lowest BCUT2D eigenvalue weighted by Crippen LogP contribution is -2.28. The van der Waals surface area contributed by atoms with E-state index in [1.165, 1.54) is 45.0 Å². The fourth-order valence-electron chi connectivity index (χ4n) is 7.19. The molecule has 0 unspecified atom stereocenters. The summed E-state index contributed by atoms with van der Waals surface area (Å²) in [6.45, 7) is 16.8. The Morgan fingerprint density at radius 1 is 0.841 bits per heavy atom. The number of hydrogen-bond donors (Lipinski definition) is 1. The topological polar surface area (TPSA) is 44.9 Å². The predicted octanol–water partition coefficient (Wildman–Crippen LogP) is 8.52. The summed E-state index contributed by atoms with van der Waals surface area (Å²) in [7, 11) is 3.52. The van der Waals surface area contributed by atoms with Gasteiger partial charge in [-0.25, -0.2) is 0 Å². The Balaban J connectivity index is 1.46. The average molecular weight is 596 g/mol. The second-order valence-corrected chi connectivity index (χ2v) is 13.6. The Morgan fingerprint density at radius 3 is 2.25 bits per heavy atom. The van der Waals surface area contributed by atoms with E-state index in [-0.39, 0.29) is 10.8 Å². The second kappa shape index (κ2) is 12.9. The molecule has 0 bridgehead atoms. The molecule has 5 heteroatoms. The fourth-order valence-corrected chi connectivity index (χ4v) is 7.19. The van der Waals surface area contributed by atoms with Crippen LogP contribution in [-0.2, 0) is 20.3 Å². The van der Waals surface area contributed by atoms with E-state index in [4.69, 9.17) is 9.47 Å². The van der Waals surface area contributed by atoms with E-state index >= 15 is 0 Å². The fraction of sp³-hybridized carbons (Fsp3) is 0.462. The minimum Gasteiger partial charge on any atom is -0.507 e. The number of rotatable bonds is 11. The van der Waals surface area contributed by atoms with Gasteiger partial charge in [-0.1, -0.05) is 49.2 Å². The highest BCUT2D eigenvalue weighted by molar-refractivity contribution is 6.03. The molecule has 0 fully saturated rings. The van der Waals surface area contributed by atoms with E-state index in [2.05, 4.69) is 112 Å². The van der Waals surface area contributed by atoms with Crippen molar-refractivity contribution in [3.05, 3.63) is 106 Å². The van der Waals surface area contributed by atoms with Gasteiger partial charge in [0, 0.05) is 68.3 Å². The molecule has 0 aromatic heterocycles. The van der Waals surface area contributed by atoms with Crippen molar-refractivity contribution < 1.29 is 19.2 Å². The number of nitrogens with zero attached hydrogens (tertiary/aromatic N) is 2. The Kier molecular flexibility index (Phi) is 9.38. The molecule has 0 atom stereocenters. The van der Waals surface area contributed by atoms with Gasteiger partial charge in [0.1, 0.15) is 5.76 Å². The third-order valence-electron chi connectivity index (χ3n) is 9.71. The van der Waals surface area contributed by atoms with Crippen LogP contribution >= 0.6 is 0 Å². The summed E-state index contributed by atoms with van der Waals surface area (Å²) in [6, 6.07) is 13.6. The number of ether oxygens (including phenoxy) is 2. The van der Waals surface area contributed by atoms with Gasteiger partial charge in [0.15, 0.2) is 12.3 Å². The standard InChI is InChI=1S/C39H50N2O3/c1-27-11-17-33-31(25-27)38(3,4)35(40(33)21-9-23-43-7)19-15-29-13-14-30(37(29)42)16-20-36-39(5,6)32-26-28(2)12-18-34(32)41(36)22-10-24-44-8/h11-12,15-20,25-26H,9-10,13-14,21-24H2,1-8H3/p+1. The number of aryl methyl sites for hydroxylation is 2. The number of allylic oxidation sites excluding steroid dienone is 7. The number of methoxy groups -OCH3 is 2. The van der Waals surface area contributed by atoms with Crippen molar-refractivity contribution in [1.29, 1.82) is 0 Å². The molecule has 3 aliphatic rings. The Hall–Kier alpha value is -3.41. The van der Waals surface area contributed by atoms with Crippen LogP contribution in [0.25, 0.3) is 0 Å². The second-order valence-electron chi connectivity index (χ2n) is 13.6. The number of aliphatic hydroxyl groups is 1. The minimum atomic E-state index is -0.128. The lowest BCUT2D eigenvalue weighted by Gasteiger charge is -2.27. The molecule has 2 aromatic rings. The van der Waals surface area contributed by atoms with Gasteiger partial charge in [0.2, 0.25) is 5.69 Å². The number of benzene rings is 2. The first-order valence-electron chi connectivity index (χ1n) is 16.1. The molecule has 0 saturated heterocycles. The number of fused-ring (bicyclic) bond motifs is 2. The molecular formula is C39H51N2O3+. The lowest BCUT2D eigenvalue weighted by molar-refractivity contribution is -0.438. The summed E-state index contributed by atoms with van der Waals surface area (Å²) in [6.07, 6.45) is 12.4. The molecule has 0 saturated carbocycles. The van der Waals surface area contributed by atoms with Crippen LogP contribution < -0.4 is 4.90 Å². The van der Waals surface area contributed by atoms with Crippen LogP contribution in [0.2, 0.25) is 0 Å². The Labute approximate surface area is 264 Å². The van der Waals surface area contributed by atoms with Crippen LogP contribution in [0.5, 0.6) is 0 Å². The van der Waals surface area contributed by atoms with Gasteiger partial charge >= 0.3 is 0 Å². The third kappa shape index (κ3) is 5.97. The largest absolute Gasteiger partial charge is 0.507 e. The number of aliphatic hydroxyl groups excluding tert-OH is 1. The van der Waals surface area contributed by atoms with Crippen molar-refractivity contribution in [3.63, 3.8) is 0 Å². The summed E-state index contributed by atoms with van der Waals surface area (Å²) in [5, 5.41) is 11.4. The van der Waals surface area contributed by atoms with Crippen LogP contribution in [-0.4, -0.2) is 55.9 Å². The summed E-state index contributed by atoms with van der Waals surface area (Å²) in [5.41, 5.74) is 12.1. The molecule has 1 N–H and O–H groups in total. The molecule has 5 rings (SSSR count). The van der Waals surface area contributed by atoms with E-state index in [0.29, 0.717) is 5.76 Å². The van der Waals surface area contributed by atoms with Crippen LogP contribution in [0, 0.1) is 13.8 Å². The van der Waals surface area contributed by atoms with Gasteiger partial charge in [0.25, 0.3) is 0 Å². The first-order valence-corrected chi connectivity index (χ1v) is 16.1. The van der Waals surface area contributed by atoms with E-state index < -0.39 is 0 Å². The summed E-state index contributed by atoms with van der Waals surface area (Å²) >= 11 is 0. The predicted molar refractivity (Wildman–Crippen MR) is 183 cm³/mol. The molecule has 0 spiro atoms. The SMILES string of the molecule is COCCCN1C(=CC=C2CCC(C=CC3=[N+](CCCOC)c4ccc(C)cc4C3(C)C)=C2O)C(C)(C)c2cc(C)ccc21. The van der Waals surface area contributed by atoms with Gasteiger partial charge in [0.05, 0.1) is 12.0 Å². The van der Waals surface area contributed by atoms with Gasteiger partial charge in [-0.3, -0.25) is 0 Å². The van der Waals surface area contributed by atoms with Crippen molar-refractivity contribution >= 4 is 17.1 Å². The van der Waals surface area contributed by atoms with Crippen LogP contribution in [0.15, 0.2) is 83.3 Å². The van der Waals surface area contributed by atoms with Crippen LogP contribution in [0.4, 0.5) is 11.4 Å². The first-order chi connectivity index (χ1) is 21.0. The van der Waals surface area contributed by atoms with Crippen molar-refractivity contribution in [2.75, 3.05) is 45.4 Å². The lowest BCUT2D eigenvalue weighted by atomic mass is 9.80. The molecule has 1 aliphatic carbocycles. The Bertz CT molecular complexity index is 1570. The quantitative estimate of drug-likeness (QED) is 0.209. The highest BCUT2D eigenvalue weighted by atomic mass is 16.5. The number of hydrogen-bond acceptors (Lipinski definition) is 4. The molecule has 2 heterocycles. The summed E-state index contributed by atoms with van der Waals surface area (Å²) < 4.78 is 13.2. The van der Waals surface area contributed by atoms with Crippen LogP contribution in [0.3, 0.4) is 0 Å². The van der Waals surface area contributed by atoms with E-state index in [9.17, 15) is 5.11 Å². The maximum Gasteiger partial charge on any atom is 0.209 e. The summed E-state index contributed by atoms with van der Waals surface area (Å²) in [4.78, 5) is 2.44. The minimum absolute atomic E-state index is 0.128. The maximum atomic E-state index is 11.4. The molecular weight excluding hydrogens is 544 g/mol. The van der Waals surface area contributed by atoms with Crippen LogP contribution in [0.1, 0.15) is 75.6 Å². The molecule has 44 heavy (non-hydrogen) atoms. The average Bonchev–Trinajstić information content (AvgIpc) is 3.51. The zero-order chi connectivity index (χ0) is 31.6. The van der Waals surface area contributed by atoms with Crippen molar-refractivity contribution in [2.24, 2.45) is 0 Å². The van der Waals surface area contributed by atoms with Gasteiger partial charge in [-0.05, 0) is 88.0 Å². The third-order valence-corrected chi connectivity index (χ3v) is 9.71. The zero-order valence-electron chi connectivity index (χ0n) is 28.1.